The topological polar surface area (TPSA) is 115 Å². The fourth-order valence-corrected chi connectivity index (χ4v) is 5.05. The number of likely N-dealkylation sites (tertiary alicyclic amines) is 1. The highest BCUT2D eigenvalue weighted by atomic mass is 16.5. The van der Waals surface area contributed by atoms with E-state index in [2.05, 4.69) is 16.4 Å². The van der Waals surface area contributed by atoms with E-state index >= 15 is 0 Å². The van der Waals surface area contributed by atoms with Crippen LogP contribution < -0.4 is 10.1 Å². The van der Waals surface area contributed by atoms with Gasteiger partial charge in [-0.25, -0.2) is 0 Å². The molecule has 1 saturated heterocycles. The van der Waals surface area contributed by atoms with Gasteiger partial charge in [0.15, 0.2) is 0 Å². The molecule has 0 bridgehead atoms. The molecule has 1 saturated carbocycles. The number of H-pyrrole nitrogens is 1. The summed E-state index contributed by atoms with van der Waals surface area (Å²) >= 11 is 0. The van der Waals surface area contributed by atoms with Gasteiger partial charge in [-0.05, 0) is 43.4 Å². The van der Waals surface area contributed by atoms with E-state index in [-0.39, 0.29) is 35.4 Å². The highest BCUT2D eigenvalue weighted by Crippen LogP contribution is 2.34. The molecule has 8 nitrogen and oxygen atoms in total. The Morgan fingerprint density at radius 3 is 2.79 bits per heavy atom. The van der Waals surface area contributed by atoms with Crippen LogP contribution in [0.2, 0.25) is 0 Å². The van der Waals surface area contributed by atoms with Gasteiger partial charge in [0.05, 0.1) is 13.2 Å². The van der Waals surface area contributed by atoms with Crippen molar-refractivity contribution in [3.05, 3.63) is 30.0 Å². The highest BCUT2D eigenvalue weighted by Gasteiger charge is 2.48. The summed E-state index contributed by atoms with van der Waals surface area (Å²) in [6.45, 7) is 4.53. The lowest BCUT2D eigenvalue weighted by atomic mass is 9.79. The van der Waals surface area contributed by atoms with Gasteiger partial charge in [0.1, 0.15) is 29.3 Å². The molecule has 1 aromatic heterocycles. The fraction of sp³-hybridized carbons (Fsp3) is 0.520. The van der Waals surface area contributed by atoms with Crippen LogP contribution >= 0.6 is 0 Å². The van der Waals surface area contributed by atoms with Gasteiger partial charge in [-0.3, -0.25) is 14.4 Å². The molecule has 174 valence electrons. The largest absolute Gasteiger partial charge is 0.496 e. The normalized spacial score (nSPS) is 23.3. The molecule has 0 radical (unpaired) electrons. The van der Waals surface area contributed by atoms with Crippen molar-refractivity contribution in [3.63, 3.8) is 0 Å². The lowest BCUT2D eigenvalue weighted by Crippen LogP contribution is -2.66. The summed E-state index contributed by atoms with van der Waals surface area (Å²) in [7, 11) is 1.58. The molecule has 1 aromatic carbocycles. The predicted octanol–water partition coefficient (Wildman–Crippen LogP) is 3.04. The summed E-state index contributed by atoms with van der Waals surface area (Å²) in [5.74, 6) is 0.267. The number of rotatable bonds is 7. The SMILES string of the molecule is COc1cccc2[nH]c(C(=O)N3C[C@H](C(C)C)[C@H]3C(=O)N[C@H](C#N)C[C@@H]3CCCC3=O)cc12. The number of fused-ring (bicyclic) bond motifs is 1. The summed E-state index contributed by atoms with van der Waals surface area (Å²) in [6, 6.07) is 8.02. The van der Waals surface area contributed by atoms with Gasteiger partial charge in [0.25, 0.3) is 5.91 Å². The average Bonchev–Trinajstić information content (AvgIpc) is 3.38. The van der Waals surface area contributed by atoms with Crippen LogP contribution in [-0.4, -0.2) is 53.2 Å². The Kier molecular flexibility index (Phi) is 6.41. The summed E-state index contributed by atoms with van der Waals surface area (Å²) in [5, 5.41) is 13.2. The number of nitrogens with zero attached hydrogens (tertiary/aromatic N) is 2. The van der Waals surface area contributed by atoms with Crippen LogP contribution in [0, 0.1) is 29.1 Å². The number of methoxy groups -OCH3 is 1. The maximum absolute atomic E-state index is 13.3. The van der Waals surface area contributed by atoms with Crippen molar-refractivity contribution >= 4 is 28.5 Å². The molecule has 2 heterocycles. The Hall–Kier alpha value is -3.34. The summed E-state index contributed by atoms with van der Waals surface area (Å²) < 4.78 is 5.38. The Labute approximate surface area is 193 Å². The Morgan fingerprint density at radius 1 is 1.36 bits per heavy atom. The molecule has 0 unspecified atom stereocenters. The first-order valence-corrected chi connectivity index (χ1v) is 11.5. The van der Waals surface area contributed by atoms with Crippen molar-refractivity contribution in [2.24, 2.45) is 17.8 Å². The number of hydrogen-bond acceptors (Lipinski definition) is 5. The molecule has 1 aliphatic carbocycles. The van der Waals surface area contributed by atoms with Crippen LogP contribution in [0.25, 0.3) is 10.9 Å². The van der Waals surface area contributed by atoms with Crippen LogP contribution in [-0.2, 0) is 9.59 Å². The first-order chi connectivity index (χ1) is 15.8. The molecule has 33 heavy (non-hydrogen) atoms. The molecule has 8 heteroatoms. The second-order valence-corrected chi connectivity index (χ2v) is 9.40. The van der Waals surface area contributed by atoms with Gasteiger partial charge in [-0.15, -0.1) is 0 Å². The number of ether oxygens (including phenoxy) is 1. The quantitative estimate of drug-likeness (QED) is 0.673. The molecule has 2 fully saturated rings. The van der Waals surface area contributed by atoms with E-state index in [1.54, 1.807) is 18.1 Å². The number of ketones is 1. The number of nitriles is 1. The first-order valence-electron chi connectivity index (χ1n) is 11.5. The highest BCUT2D eigenvalue weighted by molar-refractivity contribution is 6.02. The van der Waals surface area contributed by atoms with Crippen molar-refractivity contribution in [3.8, 4) is 11.8 Å². The molecule has 4 atom stereocenters. The zero-order valence-electron chi connectivity index (χ0n) is 19.3. The molecular formula is C25H30N4O4. The number of benzene rings is 1. The number of aromatic nitrogens is 1. The molecule has 4 rings (SSSR count). The van der Waals surface area contributed by atoms with Crippen LogP contribution in [0.1, 0.15) is 50.0 Å². The van der Waals surface area contributed by atoms with Crippen molar-refractivity contribution in [2.45, 2.75) is 51.6 Å². The van der Waals surface area contributed by atoms with E-state index in [9.17, 15) is 19.6 Å². The molecule has 2 aliphatic rings. The standard InChI is InChI=1S/C25H30N4O4/c1-14(2)18-13-29(25(32)20-11-17-19(28-20)7-5-9-22(17)33-3)23(18)24(31)27-16(12-26)10-15-6-4-8-21(15)30/h5,7,9,11,14-16,18,23,28H,4,6,8,10,13H2,1-3H3,(H,27,31)/t15-,16-,18+,23-/m0/s1. The number of Topliss-reactive ketones (excluding diaryl/α,β-unsaturated/α-hetero) is 1. The second kappa shape index (κ2) is 9.26. The molecule has 1 aliphatic heterocycles. The van der Waals surface area contributed by atoms with Crippen molar-refractivity contribution in [1.82, 2.24) is 15.2 Å². The summed E-state index contributed by atoms with van der Waals surface area (Å²) in [4.78, 5) is 43.2. The molecule has 2 aromatic rings. The van der Waals surface area contributed by atoms with Crippen LogP contribution in [0.15, 0.2) is 24.3 Å². The fourth-order valence-electron chi connectivity index (χ4n) is 5.05. The van der Waals surface area contributed by atoms with Crippen LogP contribution in [0.3, 0.4) is 0 Å². The lowest BCUT2D eigenvalue weighted by molar-refractivity contribution is -0.135. The van der Waals surface area contributed by atoms with E-state index in [0.29, 0.717) is 30.8 Å². The van der Waals surface area contributed by atoms with E-state index in [4.69, 9.17) is 4.74 Å². The Bertz CT molecular complexity index is 1120. The van der Waals surface area contributed by atoms with Gasteiger partial charge < -0.3 is 19.9 Å². The molecule has 0 spiro atoms. The molecular weight excluding hydrogens is 420 g/mol. The van der Waals surface area contributed by atoms with E-state index in [1.165, 1.54) is 0 Å². The average molecular weight is 451 g/mol. The van der Waals surface area contributed by atoms with Crippen molar-refractivity contribution in [1.29, 1.82) is 5.26 Å². The van der Waals surface area contributed by atoms with Crippen LogP contribution in [0.5, 0.6) is 5.75 Å². The Morgan fingerprint density at radius 2 is 2.15 bits per heavy atom. The third-order valence-corrected chi connectivity index (χ3v) is 7.03. The number of carbonyl (C=O) groups excluding carboxylic acids is 3. The molecule has 2 N–H and O–H groups in total. The lowest BCUT2D eigenvalue weighted by Gasteiger charge is -2.48. The Balaban J connectivity index is 1.51. The third kappa shape index (κ3) is 4.32. The van der Waals surface area contributed by atoms with Crippen LogP contribution in [0.4, 0.5) is 0 Å². The summed E-state index contributed by atoms with van der Waals surface area (Å²) in [5.41, 5.74) is 1.17. The number of aromatic amines is 1. The number of hydrogen-bond donors (Lipinski definition) is 2. The maximum atomic E-state index is 13.3. The first kappa shape index (κ1) is 22.8. The smallest absolute Gasteiger partial charge is 0.271 e. The third-order valence-electron chi connectivity index (χ3n) is 7.03. The molecule has 2 amide bonds. The van der Waals surface area contributed by atoms with E-state index in [1.807, 2.05) is 32.0 Å². The van der Waals surface area contributed by atoms with Crippen molar-refractivity contribution in [2.75, 3.05) is 13.7 Å². The van der Waals surface area contributed by atoms with Gasteiger partial charge >= 0.3 is 0 Å². The second-order valence-electron chi connectivity index (χ2n) is 9.40. The zero-order valence-corrected chi connectivity index (χ0v) is 19.3. The minimum atomic E-state index is -0.743. The number of carbonyl (C=O) groups is 3. The minimum absolute atomic E-state index is 0.000296. The maximum Gasteiger partial charge on any atom is 0.271 e. The summed E-state index contributed by atoms with van der Waals surface area (Å²) in [6.07, 6.45) is 2.48. The van der Waals surface area contributed by atoms with E-state index < -0.39 is 12.1 Å². The van der Waals surface area contributed by atoms with E-state index in [0.717, 1.165) is 23.7 Å². The predicted molar refractivity (Wildman–Crippen MR) is 123 cm³/mol. The number of nitrogens with one attached hydrogen (secondary N) is 2. The number of amides is 2. The minimum Gasteiger partial charge on any atom is -0.496 e. The monoisotopic (exact) mass is 450 g/mol. The van der Waals surface area contributed by atoms with Gasteiger partial charge in [0.2, 0.25) is 5.91 Å². The van der Waals surface area contributed by atoms with Gasteiger partial charge in [-0.2, -0.15) is 5.26 Å². The zero-order chi connectivity index (χ0) is 23.7. The van der Waals surface area contributed by atoms with Gasteiger partial charge in [-0.1, -0.05) is 19.9 Å². The van der Waals surface area contributed by atoms with Crippen molar-refractivity contribution < 1.29 is 19.1 Å². The van der Waals surface area contributed by atoms with Gasteiger partial charge in [0, 0.05) is 35.7 Å².